The fourth-order valence-corrected chi connectivity index (χ4v) is 1.000. The van der Waals surface area contributed by atoms with Crippen molar-refractivity contribution >= 4 is 5.91 Å². The number of amides is 1. The Kier molecular flexibility index (Phi) is 3.69. The Morgan fingerprint density at radius 3 is 3.07 bits per heavy atom. The predicted octanol–water partition coefficient (Wildman–Crippen LogP) is -0.00600. The van der Waals surface area contributed by atoms with E-state index in [9.17, 15) is 9.70 Å². The Morgan fingerprint density at radius 2 is 2.43 bits per heavy atom. The Bertz CT molecular complexity index is 340. The van der Waals surface area contributed by atoms with Crippen molar-refractivity contribution < 1.29 is 4.79 Å². The molecule has 0 aliphatic heterocycles. The van der Waals surface area contributed by atoms with Crippen LogP contribution in [0.25, 0.3) is 0 Å². The monoisotopic (exact) mass is 194 g/mol. The summed E-state index contributed by atoms with van der Waals surface area (Å²) in [6.45, 7) is 0.153. The van der Waals surface area contributed by atoms with E-state index >= 15 is 0 Å². The summed E-state index contributed by atoms with van der Waals surface area (Å²) in [6.07, 6.45) is 1.92. The van der Waals surface area contributed by atoms with Crippen molar-refractivity contribution in [2.24, 2.45) is 11.0 Å². The molecule has 0 aliphatic rings. The van der Waals surface area contributed by atoms with Crippen LogP contribution in [0, 0.1) is 4.91 Å². The number of nitroso groups, excluding NO2 is 1. The van der Waals surface area contributed by atoms with Crippen LogP contribution in [0.3, 0.4) is 0 Å². The number of nitrogens with zero attached hydrogens (tertiary/aromatic N) is 2. The maximum atomic E-state index is 11.1. The van der Waals surface area contributed by atoms with E-state index in [-0.39, 0.29) is 12.5 Å². The second-order valence-corrected chi connectivity index (χ2v) is 2.61. The number of hydrogen-bond donors (Lipinski definition) is 2. The smallest absolute Gasteiger partial charge is 0.265 e. The van der Waals surface area contributed by atoms with Gasteiger partial charge < -0.3 is 0 Å². The molecule has 74 valence electrons. The second kappa shape index (κ2) is 5.03. The summed E-state index contributed by atoms with van der Waals surface area (Å²) in [5.41, 5.74) is 3.08. The number of nitrogens with one attached hydrogen (secondary N) is 1. The number of carbonyl (C=O) groups is 1. The average molecular weight is 194 g/mol. The van der Waals surface area contributed by atoms with Crippen molar-refractivity contribution in [2.45, 2.75) is 6.42 Å². The van der Waals surface area contributed by atoms with Crippen LogP contribution in [0.15, 0.2) is 23.5 Å². The Balaban J connectivity index is 2.78. The number of rotatable bonds is 4. The number of aromatic nitrogens is 1. The predicted molar refractivity (Wildman–Crippen MR) is 50.3 cm³/mol. The van der Waals surface area contributed by atoms with Crippen molar-refractivity contribution in [2.75, 3.05) is 6.54 Å². The van der Waals surface area contributed by atoms with Gasteiger partial charge in [-0.05, 0) is 12.1 Å². The third kappa shape index (κ3) is 2.60. The standard InChI is InChI=1S/C8H10N4O2/c9-12-8(13)6-1-3-10-7(5-6)2-4-11-14/h1,3,5H,2,4,9H2,(H,12,13). The van der Waals surface area contributed by atoms with Crippen molar-refractivity contribution in [3.63, 3.8) is 0 Å². The van der Waals surface area contributed by atoms with Crippen LogP contribution in [-0.2, 0) is 6.42 Å². The first-order chi connectivity index (χ1) is 6.77. The summed E-state index contributed by atoms with van der Waals surface area (Å²) in [5.74, 6) is 4.58. The third-order valence-corrected chi connectivity index (χ3v) is 1.67. The van der Waals surface area contributed by atoms with E-state index in [2.05, 4.69) is 10.2 Å². The van der Waals surface area contributed by atoms with Gasteiger partial charge in [-0.3, -0.25) is 15.2 Å². The molecule has 3 N–H and O–H groups in total. The van der Waals surface area contributed by atoms with E-state index in [0.717, 1.165) is 0 Å². The summed E-state index contributed by atoms with van der Waals surface area (Å²) in [7, 11) is 0. The zero-order chi connectivity index (χ0) is 10.4. The van der Waals surface area contributed by atoms with Gasteiger partial charge in [0.25, 0.3) is 5.91 Å². The first-order valence-corrected chi connectivity index (χ1v) is 4.03. The lowest BCUT2D eigenvalue weighted by Gasteiger charge is -2.01. The van der Waals surface area contributed by atoms with Gasteiger partial charge in [-0.15, -0.1) is 0 Å². The number of nitrogen functional groups attached to an aromatic ring is 1. The van der Waals surface area contributed by atoms with Gasteiger partial charge in [0, 0.05) is 23.9 Å². The number of pyridine rings is 1. The minimum atomic E-state index is -0.382. The van der Waals surface area contributed by atoms with Crippen molar-refractivity contribution in [3.05, 3.63) is 34.5 Å². The van der Waals surface area contributed by atoms with Crippen molar-refractivity contribution in [1.82, 2.24) is 10.4 Å². The van der Waals surface area contributed by atoms with Crippen LogP contribution in [-0.4, -0.2) is 17.4 Å². The van der Waals surface area contributed by atoms with Crippen LogP contribution in [0.4, 0.5) is 0 Å². The largest absolute Gasteiger partial charge is 0.290 e. The van der Waals surface area contributed by atoms with Crippen LogP contribution < -0.4 is 11.3 Å². The van der Waals surface area contributed by atoms with Gasteiger partial charge in [0.2, 0.25) is 0 Å². The Morgan fingerprint density at radius 1 is 1.64 bits per heavy atom. The highest BCUT2D eigenvalue weighted by Gasteiger charge is 2.04. The fourth-order valence-electron chi connectivity index (χ4n) is 1.000. The highest BCUT2D eigenvalue weighted by atomic mass is 16.3. The molecule has 6 nitrogen and oxygen atoms in total. The molecular formula is C8H10N4O2. The molecule has 0 fully saturated rings. The normalized spacial score (nSPS) is 9.50. The third-order valence-electron chi connectivity index (χ3n) is 1.67. The lowest BCUT2D eigenvalue weighted by molar-refractivity contribution is 0.0953. The molecule has 0 unspecified atom stereocenters. The van der Waals surface area contributed by atoms with Gasteiger partial charge in [0.15, 0.2) is 0 Å². The van der Waals surface area contributed by atoms with Crippen molar-refractivity contribution in [3.8, 4) is 0 Å². The number of hydrogen-bond acceptors (Lipinski definition) is 5. The van der Waals surface area contributed by atoms with Crippen molar-refractivity contribution in [1.29, 1.82) is 0 Å². The molecule has 0 aliphatic carbocycles. The zero-order valence-electron chi connectivity index (χ0n) is 7.43. The molecule has 1 heterocycles. The van der Waals surface area contributed by atoms with Crippen LogP contribution >= 0.6 is 0 Å². The highest BCUT2D eigenvalue weighted by molar-refractivity contribution is 5.93. The van der Waals surface area contributed by atoms with E-state index in [1.165, 1.54) is 6.20 Å². The van der Waals surface area contributed by atoms with E-state index < -0.39 is 0 Å². The molecule has 1 amide bonds. The molecular weight excluding hydrogens is 184 g/mol. The molecule has 0 aromatic carbocycles. The highest BCUT2D eigenvalue weighted by Crippen LogP contribution is 2.02. The van der Waals surface area contributed by atoms with Crippen LogP contribution in [0.1, 0.15) is 16.1 Å². The molecule has 6 heteroatoms. The molecule has 1 rings (SSSR count). The van der Waals surface area contributed by atoms with E-state index in [1.807, 2.05) is 5.43 Å². The van der Waals surface area contributed by atoms with E-state index in [4.69, 9.17) is 5.84 Å². The van der Waals surface area contributed by atoms with E-state index in [0.29, 0.717) is 17.7 Å². The first kappa shape index (κ1) is 10.3. The lowest BCUT2D eigenvalue weighted by atomic mass is 10.2. The molecule has 0 atom stereocenters. The van der Waals surface area contributed by atoms with Gasteiger partial charge in [-0.1, -0.05) is 5.18 Å². The van der Waals surface area contributed by atoms with Gasteiger partial charge in [-0.25, -0.2) is 5.84 Å². The minimum absolute atomic E-state index is 0.153. The lowest BCUT2D eigenvalue weighted by Crippen LogP contribution is -2.30. The topological polar surface area (TPSA) is 97.4 Å². The molecule has 0 bridgehead atoms. The Labute approximate surface area is 80.5 Å². The molecule has 0 saturated carbocycles. The summed E-state index contributed by atoms with van der Waals surface area (Å²) in [4.78, 5) is 24.9. The van der Waals surface area contributed by atoms with Gasteiger partial charge in [0.1, 0.15) is 0 Å². The molecule has 14 heavy (non-hydrogen) atoms. The average Bonchev–Trinajstić information content (AvgIpc) is 2.25. The molecule has 0 saturated heterocycles. The summed E-state index contributed by atoms with van der Waals surface area (Å²) >= 11 is 0. The maximum Gasteiger partial charge on any atom is 0.265 e. The summed E-state index contributed by atoms with van der Waals surface area (Å²) < 4.78 is 0. The SMILES string of the molecule is NNC(=O)c1ccnc(CCN=O)c1. The first-order valence-electron chi connectivity index (χ1n) is 4.03. The molecule has 0 radical (unpaired) electrons. The van der Waals surface area contributed by atoms with Gasteiger partial charge in [0.05, 0.1) is 6.54 Å². The quantitative estimate of drug-likeness (QED) is 0.305. The van der Waals surface area contributed by atoms with Gasteiger partial charge >= 0.3 is 0 Å². The fraction of sp³-hybridized carbons (Fsp3) is 0.250. The van der Waals surface area contributed by atoms with Gasteiger partial charge in [-0.2, -0.15) is 4.91 Å². The van der Waals surface area contributed by atoms with E-state index in [1.54, 1.807) is 12.1 Å². The van der Waals surface area contributed by atoms with Crippen LogP contribution in [0.2, 0.25) is 0 Å². The number of hydrazine groups is 1. The van der Waals surface area contributed by atoms with Crippen LogP contribution in [0.5, 0.6) is 0 Å². The minimum Gasteiger partial charge on any atom is -0.290 e. The molecule has 1 aromatic rings. The number of nitrogens with two attached hydrogens (primary N) is 1. The zero-order valence-corrected chi connectivity index (χ0v) is 7.43. The molecule has 0 spiro atoms. The number of carbonyl (C=O) groups excluding carboxylic acids is 1. The summed E-state index contributed by atoms with van der Waals surface area (Å²) in [6, 6.07) is 3.12. The Hall–Kier alpha value is -1.82. The molecule has 1 aromatic heterocycles. The second-order valence-electron chi connectivity index (χ2n) is 2.61. The summed E-state index contributed by atoms with van der Waals surface area (Å²) in [5, 5.41) is 2.71. The maximum absolute atomic E-state index is 11.1.